The van der Waals surface area contributed by atoms with E-state index in [9.17, 15) is 9.90 Å². The fourth-order valence-electron chi connectivity index (χ4n) is 3.12. The van der Waals surface area contributed by atoms with E-state index in [0.29, 0.717) is 11.3 Å². The molecule has 2 heterocycles. The van der Waals surface area contributed by atoms with Crippen molar-refractivity contribution >= 4 is 22.5 Å². The van der Waals surface area contributed by atoms with E-state index in [1.807, 2.05) is 12.1 Å². The quantitative estimate of drug-likeness (QED) is 0.679. The number of hydrogen-bond acceptors (Lipinski definition) is 4. The number of ether oxygens (including phenoxy) is 1. The first-order chi connectivity index (χ1) is 11.2. The van der Waals surface area contributed by atoms with Crippen LogP contribution in [0.25, 0.3) is 10.9 Å². The molecule has 3 aromatic rings. The van der Waals surface area contributed by atoms with Crippen molar-refractivity contribution in [3.8, 4) is 11.5 Å². The minimum atomic E-state index is -0.229. The monoisotopic (exact) mass is 309 g/mol. The zero-order valence-corrected chi connectivity index (χ0v) is 12.5. The fraction of sp³-hybridized carbons (Fsp3) is 0.176. The minimum absolute atomic E-state index is 0.0800. The number of nitrogens with zero attached hydrogens (tertiary/aromatic N) is 1. The average Bonchev–Trinajstić information content (AvgIpc) is 3.00. The normalized spacial score (nSPS) is 16.9. The Labute approximate surface area is 132 Å². The summed E-state index contributed by atoms with van der Waals surface area (Å²) in [5.74, 6) is 0.496. The Hall–Kier alpha value is -3.02. The number of aromatic hydroxyl groups is 1. The standard InChI is InChI=1S/C17H15N3O3/c1-23-10-2-3-16(21)13(5-10)11-6-17(22)19-15-7-14-9(4-12(11)15)8-18-20-14/h2-5,7-8,11,21H,6H2,1H3,(H,18,20)(H,19,22)/t11-/m1/s1. The van der Waals surface area contributed by atoms with Crippen LogP contribution in [0.3, 0.4) is 0 Å². The molecule has 3 N–H and O–H groups in total. The topological polar surface area (TPSA) is 87.2 Å². The largest absolute Gasteiger partial charge is 0.508 e. The van der Waals surface area contributed by atoms with Gasteiger partial charge < -0.3 is 15.2 Å². The minimum Gasteiger partial charge on any atom is -0.508 e. The molecule has 23 heavy (non-hydrogen) atoms. The Balaban J connectivity index is 1.91. The van der Waals surface area contributed by atoms with E-state index in [1.54, 1.807) is 31.5 Å². The fourth-order valence-corrected chi connectivity index (χ4v) is 3.12. The van der Waals surface area contributed by atoms with Crippen LogP contribution in [-0.2, 0) is 4.79 Å². The number of nitrogens with one attached hydrogen (secondary N) is 2. The zero-order valence-electron chi connectivity index (χ0n) is 12.5. The van der Waals surface area contributed by atoms with E-state index in [0.717, 1.165) is 22.2 Å². The maximum Gasteiger partial charge on any atom is 0.225 e. The van der Waals surface area contributed by atoms with E-state index in [2.05, 4.69) is 15.5 Å². The van der Waals surface area contributed by atoms with Crippen molar-refractivity contribution in [2.45, 2.75) is 12.3 Å². The molecule has 116 valence electrons. The molecule has 1 aromatic heterocycles. The third-order valence-corrected chi connectivity index (χ3v) is 4.26. The van der Waals surface area contributed by atoms with Gasteiger partial charge >= 0.3 is 0 Å². The van der Waals surface area contributed by atoms with Gasteiger partial charge in [-0.1, -0.05) is 0 Å². The summed E-state index contributed by atoms with van der Waals surface area (Å²) in [6, 6.07) is 8.94. The van der Waals surface area contributed by atoms with Gasteiger partial charge in [0.1, 0.15) is 11.5 Å². The van der Waals surface area contributed by atoms with Crippen LogP contribution in [-0.4, -0.2) is 28.3 Å². The molecule has 0 fully saturated rings. The molecule has 0 spiro atoms. The van der Waals surface area contributed by atoms with Gasteiger partial charge in [0, 0.05) is 29.0 Å². The number of rotatable bonds is 2. The van der Waals surface area contributed by atoms with Crippen LogP contribution in [0.5, 0.6) is 11.5 Å². The summed E-state index contributed by atoms with van der Waals surface area (Å²) in [6.07, 6.45) is 2.02. The molecule has 0 saturated carbocycles. The third kappa shape index (κ3) is 2.19. The van der Waals surface area contributed by atoms with Gasteiger partial charge in [-0.2, -0.15) is 5.10 Å². The molecule has 6 nitrogen and oxygen atoms in total. The van der Waals surface area contributed by atoms with E-state index in [-0.39, 0.29) is 24.0 Å². The first-order valence-electron chi connectivity index (χ1n) is 7.29. The summed E-state index contributed by atoms with van der Waals surface area (Å²) in [4.78, 5) is 12.1. The molecule has 1 aliphatic heterocycles. The first-order valence-corrected chi connectivity index (χ1v) is 7.29. The number of fused-ring (bicyclic) bond motifs is 2. The van der Waals surface area contributed by atoms with Crippen LogP contribution in [0.2, 0.25) is 0 Å². The van der Waals surface area contributed by atoms with E-state index < -0.39 is 0 Å². The second kappa shape index (κ2) is 5.01. The van der Waals surface area contributed by atoms with Crippen molar-refractivity contribution in [1.29, 1.82) is 0 Å². The lowest BCUT2D eigenvalue weighted by molar-refractivity contribution is -0.116. The van der Waals surface area contributed by atoms with Crippen LogP contribution in [0.1, 0.15) is 23.5 Å². The van der Waals surface area contributed by atoms with Crippen molar-refractivity contribution in [3.63, 3.8) is 0 Å². The maximum absolute atomic E-state index is 12.1. The van der Waals surface area contributed by atoms with E-state index >= 15 is 0 Å². The SMILES string of the molecule is COc1ccc(O)c([C@@H]2CC(=O)Nc3cc4[nH]ncc4cc32)c1. The van der Waals surface area contributed by atoms with Gasteiger partial charge in [-0.05, 0) is 35.9 Å². The Bertz CT molecular complexity index is 917. The lowest BCUT2D eigenvalue weighted by atomic mass is 9.83. The number of phenolic OH excluding ortho intramolecular Hbond substituents is 1. The van der Waals surface area contributed by atoms with Crippen molar-refractivity contribution in [2.75, 3.05) is 12.4 Å². The van der Waals surface area contributed by atoms with E-state index in [4.69, 9.17) is 4.74 Å². The molecular formula is C17H15N3O3. The smallest absolute Gasteiger partial charge is 0.225 e. The van der Waals surface area contributed by atoms with Crippen molar-refractivity contribution < 1.29 is 14.6 Å². The summed E-state index contributed by atoms with van der Waals surface area (Å²) in [5, 5.41) is 21.0. The lowest BCUT2D eigenvalue weighted by Crippen LogP contribution is -2.23. The third-order valence-electron chi connectivity index (χ3n) is 4.26. The summed E-state index contributed by atoms with van der Waals surface area (Å²) in [6.45, 7) is 0. The summed E-state index contributed by atoms with van der Waals surface area (Å²) in [7, 11) is 1.58. The number of aromatic nitrogens is 2. The predicted octanol–water partition coefficient (Wildman–Crippen LogP) is 2.75. The molecule has 0 saturated heterocycles. The van der Waals surface area contributed by atoms with Crippen LogP contribution in [0.4, 0.5) is 5.69 Å². The number of benzene rings is 2. The van der Waals surface area contributed by atoms with Crippen LogP contribution in [0, 0.1) is 0 Å². The van der Waals surface area contributed by atoms with Crippen LogP contribution >= 0.6 is 0 Å². The first kappa shape index (κ1) is 13.6. The molecular weight excluding hydrogens is 294 g/mol. The molecule has 1 atom stereocenters. The number of carbonyl (C=O) groups is 1. The number of H-pyrrole nitrogens is 1. The molecule has 0 bridgehead atoms. The Morgan fingerprint density at radius 3 is 2.96 bits per heavy atom. The van der Waals surface area contributed by atoms with Gasteiger partial charge in [0.25, 0.3) is 0 Å². The number of hydrogen-bond donors (Lipinski definition) is 3. The molecule has 1 amide bonds. The van der Waals surface area contributed by atoms with Crippen LogP contribution < -0.4 is 10.1 Å². The van der Waals surface area contributed by atoms with Gasteiger partial charge in [0.15, 0.2) is 0 Å². The average molecular weight is 309 g/mol. The van der Waals surface area contributed by atoms with E-state index in [1.165, 1.54) is 0 Å². The second-order valence-electron chi connectivity index (χ2n) is 5.63. The number of anilines is 1. The predicted molar refractivity (Wildman–Crippen MR) is 85.8 cm³/mol. The number of phenols is 1. The summed E-state index contributed by atoms with van der Waals surface area (Å²) < 4.78 is 5.25. The Kier molecular flexibility index (Phi) is 2.97. The zero-order chi connectivity index (χ0) is 16.0. The second-order valence-corrected chi connectivity index (χ2v) is 5.63. The highest BCUT2D eigenvalue weighted by atomic mass is 16.5. The maximum atomic E-state index is 12.1. The lowest BCUT2D eigenvalue weighted by Gasteiger charge is -2.27. The Morgan fingerprint density at radius 2 is 2.13 bits per heavy atom. The number of methoxy groups -OCH3 is 1. The van der Waals surface area contributed by atoms with Crippen molar-refractivity contribution in [3.05, 3.63) is 47.7 Å². The molecule has 1 aliphatic rings. The van der Waals surface area contributed by atoms with Gasteiger partial charge in [0.2, 0.25) is 5.91 Å². The highest BCUT2D eigenvalue weighted by Gasteiger charge is 2.29. The summed E-state index contributed by atoms with van der Waals surface area (Å²) in [5.41, 5.74) is 3.25. The van der Waals surface area contributed by atoms with Gasteiger partial charge in [-0.3, -0.25) is 9.89 Å². The highest BCUT2D eigenvalue weighted by molar-refractivity contribution is 5.98. The molecule has 0 aliphatic carbocycles. The Morgan fingerprint density at radius 1 is 1.26 bits per heavy atom. The van der Waals surface area contributed by atoms with Gasteiger partial charge in [0.05, 0.1) is 18.8 Å². The van der Waals surface area contributed by atoms with Gasteiger partial charge in [-0.25, -0.2) is 0 Å². The number of aromatic amines is 1. The molecule has 0 radical (unpaired) electrons. The number of carbonyl (C=O) groups excluding carboxylic acids is 1. The summed E-state index contributed by atoms with van der Waals surface area (Å²) >= 11 is 0. The highest BCUT2D eigenvalue weighted by Crippen LogP contribution is 2.42. The molecule has 2 aromatic carbocycles. The van der Waals surface area contributed by atoms with Gasteiger partial charge in [-0.15, -0.1) is 0 Å². The molecule has 0 unspecified atom stereocenters. The molecule has 6 heteroatoms. The van der Waals surface area contributed by atoms with Crippen molar-refractivity contribution in [1.82, 2.24) is 10.2 Å². The van der Waals surface area contributed by atoms with Crippen LogP contribution in [0.15, 0.2) is 36.5 Å². The number of amides is 1. The molecule has 4 rings (SSSR count). The van der Waals surface area contributed by atoms with Crippen molar-refractivity contribution in [2.24, 2.45) is 0 Å².